The summed E-state index contributed by atoms with van der Waals surface area (Å²) in [5.41, 5.74) is 3.28. The first-order chi connectivity index (χ1) is 29.6. The second-order valence-electron chi connectivity index (χ2n) is 17.4. The third kappa shape index (κ3) is 10.7. The number of nitrogens with one attached hydrogen (secondary N) is 2. The molecule has 0 aliphatic carbocycles. The molecule has 16 heteroatoms. The number of anilines is 2. The highest BCUT2D eigenvalue weighted by Crippen LogP contribution is 2.37. The van der Waals surface area contributed by atoms with Crippen molar-refractivity contribution >= 4 is 81.8 Å². The summed E-state index contributed by atoms with van der Waals surface area (Å²) in [6, 6.07) is 23.2. The molecule has 4 heterocycles. The van der Waals surface area contributed by atoms with Crippen LogP contribution in [0.1, 0.15) is 85.4 Å². The normalized spacial score (nSPS) is 14.0. The van der Waals surface area contributed by atoms with E-state index in [1.54, 1.807) is 18.2 Å². The molecule has 0 spiro atoms. The number of ether oxygens (including phenoxy) is 3. The van der Waals surface area contributed by atoms with Crippen LogP contribution in [0.3, 0.4) is 0 Å². The summed E-state index contributed by atoms with van der Waals surface area (Å²) in [5.74, 6) is 1.26. The maximum Gasteiger partial charge on any atom is 0.413 e. The smallest absolute Gasteiger partial charge is 0.413 e. The van der Waals surface area contributed by atoms with Crippen molar-refractivity contribution in [3.8, 4) is 5.75 Å². The molecule has 2 aromatic carbocycles. The molecule has 0 unspecified atom stereocenters. The van der Waals surface area contributed by atoms with Crippen LogP contribution in [0, 0.1) is 3.70 Å². The molecule has 5 aromatic rings. The Bertz CT molecular complexity index is 2330. The largest absolute Gasteiger partial charge is 0.496 e. The third-order valence-corrected chi connectivity index (χ3v) is 16.6. The Morgan fingerprint density at radius 3 is 2.19 bits per heavy atom. The highest BCUT2D eigenvalue weighted by Gasteiger charge is 2.50. The molecule has 0 fully saturated rings. The van der Waals surface area contributed by atoms with Gasteiger partial charge in [-0.1, -0.05) is 101 Å². The Morgan fingerprint density at radius 2 is 1.63 bits per heavy atom. The molecule has 3 aromatic heterocycles. The SMILES string of the molecule is CCC[C@@H](CCO[Si](c1ccccc1)(c1ccccc1)C(C)(C)C)Nc1nc(NC(=O)OC)nc2c(I)nn(Cc3cnc(C4=CCN(C(=O)OC(C)(C)C)CC4)cc3OC)c12. The molecule has 2 N–H and O–H groups in total. The highest BCUT2D eigenvalue weighted by molar-refractivity contribution is 14.1. The van der Waals surface area contributed by atoms with Crippen molar-refractivity contribution in [1.29, 1.82) is 0 Å². The number of fused-ring (bicyclic) bond motifs is 1. The zero-order valence-electron chi connectivity index (χ0n) is 37.3. The van der Waals surface area contributed by atoms with Crippen molar-refractivity contribution < 1.29 is 28.2 Å². The Morgan fingerprint density at radius 1 is 0.952 bits per heavy atom. The number of carbonyl (C=O) groups excluding carboxylic acids is 2. The van der Waals surface area contributed by atoms with Gasteiger partial charge in [0.15, 0.2) is 5.82 Å². The summed E-state index contributed by atoms with van der Waals surface area (Å²) in [6.07, 6.45) is 5.89. The van der Waals surface area contributed by atoms with Crippen molar-refractivity contribution in [1.82, 2.24) is 29.6 Å². The van der Waals surface area contributed by atoms with E-state index in [1.807, 2.05) is 37.6 Å². The number of rotatable bonds is 15. The minimum atomic E-state index is -2.77. The van der Waals surface area contributed by atoms with Gasteiger partial charge in [-0.25, -0.2) is 14.6 Å². The molecule has 2 amide bonds. The Kier molecular flexibility index (Phi) is 15.0. The molecule has 330 valence electrons. The molecule has 0 saturated heterocycles. The number of carbonyl (C=O) groups is 2. The molecule has 0 bridgehead atoms. The van der Waals surface area contributed by atoms with Crippen LogP contribution >= 0.6 is 22.6 Å². The zero-order chi connectivity index (χ0) is 44.7. The van der Waals surface area contributed by atoms with E-state index in [9.17, 15) is 9.59 Å². The second kappa shape index (κ2) is 20.0. The van der Waals surface area contributed by atoms with E-state index in [4.69, 9.17) is 38.7 Å². The summed E-state index contributed by atoms with van der Waals surface area (Å²) in [5, 5.41) is 13.6. The van der Waals surface area contributed by atoms with Crippen LogP contribution in [0.25, 0.3) is 16.6 Å². The second-order valence-corrected chi connectivity index (χ2v) is 22.7. The van der Waals surface area contributed by atoms with Crippen molar-refractivity contribution in [2.75, 3.05) is 44.5 Å². The molecule has 0 radical (unpaired) electrons. The van der Waals surface area contributed by atoms with Gasteiger partial charge in [0, 0.05) is 43.6 Å². The summed E-state index contributed by atoms with van der Waals surface area (Å²) < 4.78 is 26.2. The number of halogens is 1. The number of hydrogen-bond acceptors (Lipinski definition) is 11. The van der Waals surface area contributed by atoms with Crippen LogP contribution in [-0.4, -0.2) is 95.7 Å². The van der Waals surface area contributed by atoms with Crippen molar-refractivity contribution in [2.45, 2.75) is 97.4 Å². The average Bonchev–Trinajstić information content (AvgIpc) is 3.56. The standard InChI is InChI=1S/C46H59IN8O6Si/c1-10-17-33(24-27-60-62(46(5,6)7,34-18-13-11-14-19-34)35-20-15-12-16-21-35)49-41-39-38(50-42(51-41)52-43(56)59-9)40(47)53-55(39)30-32-29-48-36(28-37(32)58-8)31-22-25-54(26-23-31)44(57)61-45(2,3)4/h11-16,18-22,28-29,33H,10,17,23-27,30H2,1-9H3,(H2,49,50,51,52,56)/t33-/m0/s1. The van der Waals surface area contributed by atoms with Gasteiger partial charge in [0.2, 0.25) is 5.95 Å². The number of aromatic nitrogens is 5. The van der Waals surface area contributed by atoms with Gasteiger partial charge in [0.1, 0.15) is 26.1 Å². The molecule has 1 aliphatic rings. The lowest BCUT2D eigenvalue weighted by Gasteiger charge is -2.43. The molecular formula is C46H59IN8O6Si. The topological polar surface area (TPSA) is 155 Å². The third-order valence-electron chi connectivity index (χ3n) is 10.8. The van der Waals surface area contributed by atoms with E-state index in [1.165, 1.54) is 17.5 Å². The quantitative estimate of drug-likeness (QED) is 0.0766. The summed E-state index contributed by atoms with van der Waals surface area (Å²) in [6.45, 7) is 16.4. The minimum absolute atomic E-state index is 0.0474. The van der Waals surface area contributed by atoms with Gasteiger partial charge in [0.05, 0.1) is 26.5 Å². The first-order valence-electron chi connectivity index (χ1n) is 21.1. The Labute approximate surface area is 379 Å². The maximum atomic E-state index is 12.7. The first-order valence-corrected chi connectivity index (χ1v) is 24.1. The van der Waals surface area contributed by atoms with E-state index >= 15 is 0 Å². The zero-order valence-corrected chi connectivity index (χ0v) is 40.4. The molecule has 0 saturated carbocycles. The highest BCUT2D eigenvalue weighted by atomic mass is 127. The molecule has 1 aliphatic heterocycles. The molecule has 14 nitrogen and oxygen atoms in total. The predicted octanol–water partition coefficient (Wildman–Crippen LogP) is 8.63. The molecule has 62 heavy (non-hydrogen) atoms. The van der Waals surface area contributed by atoms with Gasteiger partial charge in [-0.2, -0.15) is 10.1 Å². The van der Waals surface area contributed by atoms with Gasteiger partial charge in [-0.05, 0) is 83.6 Å². The lowest BCUT2D eigenvalue weighted by Crippen LogP contribution is -2.66. The maximum absolute atomic E-state index is 12.7. The number of hydrogen-bond donors (Lipinski definition) is 2. The number of nitrogens with zero attached hydrogens (tertiary/aromatic N) is 6. The fraction of sp³-hybridized carbons (Fsp3) is 0.435. The summed E-state index contributed by atoms with van der Waals surface area (Å²) >= 11 is 2.16. The van der Waals surface area contributed by atoms with Crippen LogP contribution in [0.4, 0.5) is 21.4 Å². The van der Waals surface area contributed by atoms with Gasteiger partial charge in [-0.3, -0.25) is 15.0 Å². The van der Waals surface area contributed by atoms with E-state index in [-0.39, 0.29) is 23.1 Å². The van der Waals surface area contributed by atoms with E-state index in [0.717, 1.165) is 29.7 Å². The molecular weight excluding hydrogens is 916 g/mol. The molecule has 1 atom stereocenters. The van der Waals surface area contributed by atoms with E-state index in [2.05, 4.69) is 122 Å². The Hall–Kier alpha value is -5.07. The predicted molar refractivity (Wildman–Crippen MR) is 255 cm³/mol. The van der Waals surface area contributed by atoms with Crippen LogP contribution in [0.15, 0.2) is 79.0 Å². The number of pyridine rings is 1. The fourth-order valence-corrected chi connectivity index (χ4v) is 13.1. The van der Waals surface area contributed by atoms with Gasteiger partial charge in [0.25, 0.3) is 8.32 Å². The number of amides is 2. The summed E-state index contributed by atoms with van der Waals surface area (Å²) in [7, 11) is 0.169. The average molecular weight is 975 g/mol. The van der Waals surface area contributed by atoms with E-state index in [0.29, 0.717) is 65.4 Å². The number of methoxy groups -OCH3 is 2. The van der Waals surface area contributed by atoms with Gasteiger partial charge >= 0.3 is 12.2 Å². The van der Waals surface area contributed by atoms with Gasteiger partial charge < -0.3 is 28.9 Å². The fourth-order valence-electron chi connectivity index (χ4n) is 7.91. The van der Waals surface area contributed by atoms with Crippen LogP contribution in [0.2, 0.25) is 5.04 Å². The summed E-state index contributed by atoms with van der Waals surface area (Å²) in [4.78, 5) is 41.2. The lowest BCUT2D eigenvalue weighted by atomic mass is 10.0. The first kappa shape index (κ1) is 46.4. The lowest BCUT2D eigenvalue weighted by molar-refractivity contribution is 0.0270. The van der Waals surface area contributed by atoms with Gasteiger partial charge in [-0.15, -0.1) is 0 Å². The monoisotopic (exact) mass is 974 g/mol. The number of benzene rings is 2. The molecule has 6 rings (SSSR count). The minimum Gasteiger partial charge on any atom is -0.496 e. The van der Waals surface area contributed by atoms with Crippen molar-refractivity contribution in [3.05, 3.63) is 94.0 Å². The van der Waals surface area contributed by atoms with Crippen LogP contribution < -0.4 is 25.7 Å². The van der Waals surface area contributed by atoms with E-state index < -0.39 is 20.0 Å². The van der Waals surface area contributed by atoms with Crippen molar-refractivity contribution in [3.63, 3.8) is 0 Å². The van der Waals surface area contributed by atoms with Crippen molar-refractivity contribution in [2.24, 2.45) is 0 Å². The van der Waals surface area contributed by atoms with Crippen LogP contribution in [-0.2, 0) is 20.4 Å². The Balaban J connectivity index is 1.30. The van der Waals surface area contributed by atoms with Crippen LogP contribution in [0.5, 0.6) is 5.75 Å².